The molecule has 0 aliphatic heterocycles. The summed E-state index contributed by atoms with van der Waals surface area (Å²) in [5, 5.41) is 0. The SMILES string of the molecule is CC(=O)OC1CCCCC1([C]=O)OC(C)=O. The van der Waals surface area contributed by atoms with Gasteiger partial charge in [-0.2, -0.15) is 0 Å². The first-order valence-electron chi connectivity index (χ1n) is 5.26. The van der Waals surface area contributed by atoms with Gasteiger partial charge in [-0.1, -0.05) is 0 Å². The van der Waals surface area contributed by atoms with Crippen LogP contribution in [-0.4, -0.2) is 29.9 Å². The van der Waals surface area contributed by atoms with E-state index < -0.39 is 23.6 Å². The zero-order chi connectivity index (χ0) is 12.2. The predicted molar refractivity (Wildman–Crippen MR) is 54.2 cm³/mol. The van der Waals surface area contributed by atoms with E-state index in [2.05, 4.69) is 0 Å². The maximum absolute atomic E-state index is 11.0. The molecule has 1 rings (SSSR count). The van der Waals surface area contributed by atoms with Crippen molar-refractivity contribution in [2.45, 2.75) is 51.2 Å². The minimum Gasteiger partial charge on any atom is -0.458 e. The molecule has 0 aromatic heterocycles. The second kappa shape index (κ2) is 5.09. The fourth-order valence-electron chi connectivity index (χ4n) is 1.98. The summed E-state index contributed by atoms with van der Waals surface area (Å²) < 4.78 is 10.0. The lowest BCUT2D eigenvalue weighted by atomic mass is 9.83. The molecule has 0 bridgehead atoms. The van der Waals surface area contributed by atoms with Gasteiger partial charge in [0, 0.05) is 13.8 Å². The third kappa shape index (κ3) is 2.81. The molecular weight excluding hydrogens is 212 g/mol. The molecule has 1 saturated carbocycles. The molecule has 0 heterocycles. The predicted octanol–water partition coefficient (Wildman–Crippen LogP) is 0.904. The van der Waals surface area contributed by atoms with Crippen molar-refractivity contribution in [3.63, 3.8) is 0 Å². The van der Waals surface area contributed by atoms with Gasteiger partial charge in [-0.3, -0.25) is 14.4 Å². The normalized spacial score (nSPS) is 29.2. The van der Waals surface area contributed by atoms with Gasteiger partial charge in [0.05, 0.1) is 0 Å². The first-order chi connectivity index (χ1) is 7.50. The number of ether oxygens (including phenoxy) is 2. The van der Waals surface area contributed by atoms with Crippen molar-refractivity contribution in [3.8, 4) is 0 Å². The van der Waals surface area contributed by atoms with Gasteiger partial charge in [-0.25, -0.2) is 0 Å². The van der Waals surface area contributed by atoms with Crippen LogP contribution in [0.15, 0.2) is 0 Å². The average Bonchev–Trinajstić information content (AvgIpc) is 2.19. The summed E-state index contributed by atoms with van der Waals surface area (Å²) in [7, 11) is 0. The Balaban J connectivity index is 2.86. The quantitative estimate of drug-likeness (QED) is 0.670. The van der Waals surface area contributed by atoms with Crippen LogP contribution in [0.5, 0.6) is 0 Å². The Kier molecular flexibility index (Phi) is 4.04. The fraction of sp³-hybridized carbons (Fsp3) is 0.727. The molecule has 5 heteroatoms. The molecule has 2 unspecified atom stereocenters. The molecule has 1 aliphatic rings. The smallest absolute Gasteiger partial charge is 0.303 e. The van der Waals surface area contributed by atoms with E-state index >= 15 is 0 Å². The molecule has 0 spiro atoms. The molecule has 1 fully saturated rings. The maximum atomic E-state index is 11.0. The zero-order valence-corrected chi connectivity index (χ0v) is 9.45. The summed E-state index contributed by atoms with van der Waals surface area (Å²) in [5.74, 6) is -1.05. The number of hydrogen-bond acceptors (Lipinski definition) is 5. The van der Waals surface area contributed by atoms with Crippen LogP contribution in [0.1, 0.15) is 39.5 Å². The minimum atomic E-state index is -1.41. The van der Waals surface area contributed by atoms with Crippen LogP contribution in [0.4, 0.5) is 0 Å². The van der Waals surface area contributed by atoms with Crippen LogP contribution < -0.4 is 0 Å². The average molecular weight is 227 g/mol. The van der Waals surface area contributed by atoms with Gasteiger partial charge in [-0.05, 0) is 25.7 Å². The van der Waals surface area contributed by atoms with Gasteiger partial charge < -0.3 is 9.47 Å². The Morgan fingerprint density at radius 1 is 1.25 bits per heavy atom. The number of carbonyl (C=O) groups excluding carboxylic acids is 3. The molecule has 1 radical (unpaired) electrons. The van der Waals surface area contributed by atoms with Gasteiger partial charge >= 0.3 is 11.9 Å². The van der Waals surface area contributed by atoms with Gasteiger partial charge in [0.15, 0.2) is 0 Å². The Morgan fingerprint density at radius 3 is 2.44 bits per heavy atom. The Bertz CT molecular complexity index is 299. The van der Waals surface area contributed by atoms with E-state index in [9.17, 15) is 14.4 Å². The lowest BCUT2D eigenvalue weighted by molar-refractivity contribution is -0.177. The number of esters is 2. The Labute approximate surface area is 94.1 Å². The number of rotatable bonds is 3. The molecule has 0 aromatic rings. The summed E-state index contributed by atoms with van der Waals surface area (Å²) in [6.07, 6.45) is 3.48. The van der Waals surface area contributed by atoms with Crippen LogP contribution >= 0.6 is 0 Å². The molecule has 89 valence electrons. The third-order valence-electron chi connectivity index (χ3n) is 2.59. The van der Waals surface area contributed by atoms with Crippen LogP contribution in [0.2, 0.25) is 0 Å². The molecule has 0 amide bonds. The molecule has 5 nitrogen and oxygen atoms in total. The minimum absolute atomic E-state index is 0.355. The Morgan fingerprint density at radius 2 is 1.94 bits per heavy atom. The molecular formula is C11H15O5. The third-order valence-corrected chi connectivity index (χ3v) is 2.59. The zero-order valence-electron chi connectivity index (χ0n) is 9.45. The highest BCUT2D eigenvalue weighted by Gasteiger charge is 2.47. The van der Waals surface area contributed by atoms with E-state index in [1.165, 1.54) is 13.8 Å². The highest BCUT2D eigenvalue weighted by atomic mass is 16.6. The van der Waals surface area contributed by atoms with Crippen LogP contribution in [0, 0.1) is 0 Å². The molecule has 0 aromatic carbocycles. The summed E-state index contributed by atoms with van der Waals surface area (Å²) in [5.41, 5.74) is -1.41. The largest absolute Gasteiger partial charge is 0.458 e. The van der Waals surface area contributed by atoms with Crippen molar-refractivity contribution in [2.75, 3.05) is 0 Å². The van der Waals surface area contributed by atoms with Crippen molar-refractivity contribution in [3.05, 3.63) is 0 Å². The fourth-order valence-corrected chi connectivity index (χ4v) is 1.98. The molecule has 0 saturated heterocycles. The van der Waals surface area contributed by atoms with Crippen molar-refractivity contribution in [2.24, 2.45) is 0 Å². The second-order valence-electron chi connectivity index (χ2n) is 3.93. The van der Waals surface area contributed by atoms with Crippen molar-refractivity contribution >= 4 is 18.2 Å². The topological polar surface area (TPSA) is 69.7 Å². The Hall–Kier alpha value is -1.39. The summed E-state index contributed by atoms with van der Waals surface area (Å²) in [6, 6.07) is 0. The van der Waals surface area contributed by atoms with Crippen LogP contribution in [0.3, 0.4) is 0 Å². The van der Waals surface area contributed by atoms with Crippen molar-refractivity contribution in [1.82, 2.24) is 0 Å². The van der Waals surface area contributed by atoms with Gasteiger partial charge in [-0.15, -0.1) is 0 Å². The van der Waals surface area contributed by atoms with Crippen molar-refractivity contribution in [1.29, 1.82) is 0 Å². The summed E-state index contributed by atoms with van der Waals surface area (Å²) in [4.78, 5) is 32.9. The van der Waals surface area contributed by atoms with E-state index in [1.54, 1.807) is 6.29 Å². The number of carbonyl (C=O) groups is 2. The molecule has 16 heavy (non-hydrogen) atoms. The number of hydrogen-bond donors (Lipinski definition) is 0. The van der Waals surface area contributed by atoms with E-state index in [0.717, 1.165) is 12.8 Å². The monoisotopic (exact) mass is 227 g/mol. The lowest BCUT2D eigenvalue weighted by Gasteiger charge is -2.37. The van der Waals surface area contributed by atoms with Gasteiger partial charge in [0.25, 0.3) is 0 Å². The highest BCUT2D eigenvalue weighted by molar-refractivity contribution is 5.75. The highest BCUT2D eigenvalue weighted by Crippen LogP contribution is 2.32. The first-order valence-corrected chi connectivity index (χ1v) is 5.26. The summed E-state index contributed by atoms with van der Waals surface area (Å²) >= 11 is 0. The van der Waals surface area contributed by atoms with E-state index in [1.807, 2.05) is 0 Å². The van der Waals surface area contributed by atoms with E-state index in [0.29, 0.717) is 12.8 Å². The molecule has 2 atom stereocenters. The maximum Gasteiger partial charge on any atom is 0.303 e. The van der Waals surface area contributed by atoms with Crippen LogP contribution in [0.25, 0.3) is 0 Å². The molecule has 1 aliphatic carbocycles. The lowest BCUT2D eigenvalue weighted by Crippen LogP contribution is -2.51. The van der Waals surface area contributed by atoms with Crippen LogP contribution in [-0.2, 0) is 23.9 Å². The van der Waals surface area contributed by atoms with E-state index in [4.69, 9.17) is 9.47 Å². The second-order valence-corrected chi connectivity index (χ2v) is 3.93. The van der Waals surface area contributed by atoms with Crippen molar-refractivity contribution < 1.29 is 23.9 Å². The summed E-state index contributed by atoms with van der Waals surface area (Å²) in [6.45, 7) is 2.48. The molecule has 0 N–H and O–H groups in total. The standard InChI is InChI=1S/C11H15O5/c1-8(13)15-10-5-3-4-6-11(10,7-12)16-9(2)14/h10H,3-6H2,1-2H3. The van der Waals surface area contributed by atoms with Gasteiger partial charge in [0.2, 0.25) is 11.9 Å². The van der Waals surface area contributed by atoms with E-state index in [-0.39, 0.29) is 0 Å². The first kappa shape index (κ1) is 12.7. The van der Waals surface area contributed by atoms with Gasteiger partial charge in [0.1, 0.15) is 6.10 Å².